The summed E-state index contributed by atoms with van der Waals surface area (Å²) in [5.41, 5.74) is -1.04. The Balaban J connectivity index is 2.63. The zero-order valence-corrected chi connectivity index (χ0v) is 10.7. The van der Waals surface area contributed by atoms with Gasteiger partial charge in [-0.2, -0.15) is 0 Å². The highest BCUT2D eigenvalue weighted by Gasteiger charge is 2.33. The fourth-order valence-electron chi connectivity index (χ4n) is 1.66. The van der Waals surface area contributed by atoms with Crippen molar-refractivity contribution in [3.8, 4) is 5.75 Å². The van der Waals surface area contributed by atoms with Gasteiger partial charge in [-0.15, -0.1) is 0 Å². The van der Waals surface area contributed by atoms with Crippen LogP contribution in [0.2, 0.25) is 0 Å². The van der Waals surface area contributed by atoms with Gasteiger partial charge >= 0.3 is 5.97 Å². The van der Waals surface area contributed by atoms with Gasteiger partial charge in [0.05, 0.1) is 6.10 Å². The molecule has 0 saturated carbocycles. The number of halogens is 1. The summed E-state index contributed by atoms with van der Waals surface area (Å²) in [6.07, 6.45) is -0.0000461. The molecule has 0 aliphatic carbocycles. The number of carbonyl (C=O) groups is 1. The summed E-state index contributed by atoms with van der Waals surface area (Å²) < 4.78 is 18.3. The van der Waals surface area contributed by atoms with Crippen LogP contribution in [0.15, 0.2) is 24.3 Å². The van der Waals surface area contributed by atoms with Crippen molar-refractivity contribution in [1.29, 1.82) is 0 Å². The maximum absolute atomic E-state index is 12.7. The van der Waals surface area contributed by atoms with Crippen molar-refractivity contribution in [1.82, 2.24) is 5.32 Å². The SMILES string of the molecule is CNC(C)(CC(C)Oc1ccc(F)cc1)C(=O)O. The number of hydrogen-bond acceptors (Lipinski definition) is 3. The van der Waals surface area contributed by atoms with Crippen molar-refractivity contribution in [2.75, 3.05) is 7.05 Å². The number of hydrogen-bond donors (Lipinski definition) is 2. The van der Waals surface area contributed by atoms with E-state index in [-0.39, 0.29) is 11.9 Å². The molecule has 0 saturated heterocycles. The van der Waals surface area contributed by atoms with E-state index in [1.54, 1.807) is 20.9 Å². The molecule has 0 radical (unpaired) electrons. The van der Waals surface area contributed by atoms with Crippen molar-refractivity contribution in [3.63, 3.8) is 0 Å². The van der Waals surface area contributed by atoms with Gasteiger partial charge in [0.25, 0.3) is 0 Å². The van der Waals surface area contributed by atoms with Crippen LogP contribution in [0.25, 0.3) is 0 Å². The first-order valence-electron chi connectivity index (χ1n) is 5.72. The Morgan fingerprint density at radius 3 is 2.50 bits per heavy atom. The third-order valence-corrected chi connectivity index (χ3v) is 2.87. The summed E-state index contributed by atoms with van der Waals surface area (Å²) in [7, 11) is 1.60. The van der Waals surface area contributed by atoms with Crippen molar-refractivity contribution in [2.45, 2.75) is 31.9 Å². The van der Waals surface area contributed by atoms with Gasteiger partial charge in [0.1, 0.15) is 17.1 Å². The average molecular weight is 255 g/mol. The molecule has 1 rings (SSSR count). The van der Waals surface area contributed by atoms with Crippen LogP contribution >= 0.6 is 0 Å². The molecule has 18 heavy (non-hydrogen) atoms. The largest absolute Gasteiger partial charge is 0.491 e. The van der Waals surface area contributed by atoms with E-state index in [0.717, 1.165) is 0 Å². The first-order chi connectivity index (χ1) is 8.37. The Hall–Kier alpha value is -1.62. The fourth-order valence-corrected chi connectivity index (χ4v) is 1.66. The van der Waals surface area contributed by atoms with Crippen LogP contribution in [0.4, 0.5) is 4.39 Å². The highest BCUT2D eigenvalue weighted by Crippen LogP contribution is 2.18. The lowest BCUT2D eigenvalue weighted by molar-refractivity contribution is -0.145. The molecule has 100 valence electrons. The van der Waals surface area contributed by atoms with E-state index >= 15 is 0 Å². The van der Waals surface area contributed by atoms with Crippen LogP contribution in [0.5, 0.6) is 5.75 Å². The quantitative estimate of drug-likeness (QED) is 0.816. The number of aliphatic carboxylic acids is 1. The van der Waals surface area contributed by atoms with E-state index in [0.29, 0.717) is 12.2 Å². The van der Waals surface area contributed by atoms with Crippen LogP contribution in [0.1, 0.15) is 20.3 Å². The number of carboxylic acids is 1. The van der Waals surface area contributed by atoms with Crippen LogP contribution in [-0.4, -0.2) is 29.8 Å². The van der Waals surface area contributed by atoms with Crippen LogP contribution in [0, 0.1) is 5.82 Å². The number of nitrogens with one attached hydrogen (secondary N) is 1. The maximum Gasteiger partial charge on any atom is 0.323 e. The van der Waals surface area contributed by atoms with Gasteiger partial charge in [-0.05, 0) is 45.2 Å². The molecule has 2 N–H and O–H groups in total. The van der Waals surface area contributed by atoms with Crippen molar-refractivity contribution in [2.24, 2.45) is 0 Å². The number of rotatable bonds is 6. The van der Waals surface area contributed by atoms with Gasteiger partial charge < -0.3 is 15.2 Å². The third-order valence-electron chi connectivity index (χ3n) is 2.87. The molecule has 0 heterocycles. The zero-order chi connectivity index (χ0) is 13.8. The smallest absolute Gasteiger partial charge is 0.323 e. The lowest BCUT2D eigenvalue weighted by Crippen LogP contribution is -2.50. The summed E-state index contributed by atoms with van der Waals surface area (Å²) >= 11 is 0. The Morgan fingerprint density at radius 1 is 1.50 bits per heavy atom. The second-order valence-corrected chi connectivity index (χ2v) is 4.47. The van der Waals surface area contributed by atoms with Gasteiger partial charge in [-0.1, -0.05) is 0 Å². The molecule has 0 aliphatic rings. The second-order valence-electron chi connectivity index (χ2n) is 4.47. The van der Waals surface area contributed by atoms with Crippen LogP contribution in [0.3, 0.4) is 0 Å². The van der Waals surface area contributed by atoms with E-state index in [1.807, 2.05) is 0 Å². The number of carboxylic acid groups (broad SMARTS) is 1. The van der Waals surface area contributed by atoms with E-state index in [2.05, 4.69) is 5.32 Å². The molecule has 0 bridgehead atoms. The minimum atomic E-state index is -1.04. The zero-order valence-electron chi connectivity index (χ0n) is 10.7. The summed E-state index contributed by atoms with van der Waals surface area (Å²) in [4.78, 5) is 11.1. The molecular formula is C13H18FNO3. The number of benzene rings is 1. The molecule has 0 aliphatic heterocycles. The molecule has 2 atom stereocenters. The molecule has 0 amide bonds. The van der Waals surface area contributed by atoms with Crippen molar-refractivity contribution < 1.29 is 19.0 Å². The summed E-state index contributed by atoms with van der Waals surface area (Å²) in [6.45, 7) is 3.38. The summed E-state index contributed by atoms with van der Waals surface area (Å²) in [5, 5.41) is 11.9. The lowest BCUT2D eigenvalue weighted by Gasteiger charge is -2.27. The van der Waals surface area contributed by atoms with Crippen LogP contribution in [-0.2, 0) is 4.79 Å². The molecule has 0 aromatic heterocycles. The molecule has 1 aromatic rings. The molecule has 5 heteroatoms. The van der Waals surface area contributed by atoms with E-state index < -0.39 is 11.5 Å². The molecule has 0 fully saturated rings. The third kappa shape index (κ3) is 3.70. The minimum Gasteiger partial charge on any atom is -0.491 e. The molecule has 0 spiro atoms. The highest BCUT2D eigenvalue weighted by atomic mass is 19.1. The van der Waals surface area contributed by atoms with Gasteiger partial charge in [0, 0.05) is 6.42 Å². The molecular weight excluding hydrogens is 237 g/mol. The first-order valence-corrected chi connectivity index (χ1v) is 5.72. The standard InChI is InChI=1S/C13H18FNO3/c1-9(8-13(2,15-3)12(16)17)18-11-6-4-10(14)5-7-11/h4-7,9,15H,8H2,1-3H3,(H,16,17). The Labute approximate surface area is 106 Å². The predicted octanol–water partition coefficient (Wildman–Crippen LogP) is 2.05. The maximum atomic E-state index is 12.7. The van der Waals surface area contributed by atoms with E-state index in [4.69, 9.17) is 9.84 Å². The minimum absolute atomic E-state index is 0.302. The first kappa shape index (κ1) is 14.4. The topological polar surface area (TPSA) is 58.6 Å². The van der Waals surface area contributed by atoms with Gasteiger partial charge in [-0.3, -0.25) is 4.79 Å². The van der Waals surface area contributed by atoms with Crippen molar-refractivity contribution in [3.05, 3.63) is 30.1 Å². The highest BCUT2D eigenvalue weighted by molar-refractivity contribution is 5.78. The monoisotopic (exact) mass is 255 g/mol. The van der Waals surface area contributed by atoms with Crippen LogP contribution < -0.4 is 10.1 Å². The van der Waals surface area contributed by atoms with E-state index in [1.165, 1.54) is 24.3 Å². The van der Waals surface area contributed by atoms with E-state index in [9.17, 15) is 9.18 Å². The Bertz CT molecular complexity index is 407. The Morgan fingerprint density at radius 2 is 2.06 bits per heavy atom. The second kappa shape index (κ2) is 5.82. The predicted molar refractivity (Wildman–Crippen MR) is 66.2 cm³/mol. The Kier molecular flexibility index (Phi) is 4.67. The normalized spacial score (nSPS) is 15.8. The number of ether oxygens (including phenoxy) is 1. The fraction of sp³-hybridized carbons (Fsp3) is 0.462. The molecule has 4 nitrogen and oxygen atoms in total. The number of likely N-dealkylation sites (N-methyl/N-ethyl adjacent to an activating group) is 1. The molecule has 2 unspecified atom stereocenters. The summed E-state index contributed by atoms with van der Waals surface area (Å²) in [6, 6.07) is 5.64. The van der Waals surface area contributed by atoms with Gasteiger partial charge in [0.2, 0.25) is 0 Å². The summed E-state index contributed by atoms with van der Waals surface area (Å²) in [5.74, 6) is -0.743. The van der Waals surface area contributed by atoms with Crippen molar-refractivity contribution >= 4 is 5.97 Å². The lowest BCUT2D eigenvalue weighted by atomic mass is 9.95. The van der Waals surface area contributed by atoms with Gasteiger partial charge in [0.15, 0.2) is 0 Å². The molecule has 1 aromatic carbocycles. The van der Waals surface area contributed by atoms with Gasteiger partial charge in [-0.25, -0.2) is 4.39 Å². The average Bonchev–Trinajstić information content (AvgIpc) is 2.31.